The zero-order chi connectivity index (χ0) is 22.7. The second-order valence-electron chi connectivity index (χ2n) is 7.47. The molecule has 4 rings (SSSR count). The van der Waals surface area contributed by atoms with Crippen molar-refractivity contribution < 1.29 is 14.3 Å². The Morgan fingerprint density at radius 1 is 1.00 bits per heavy atom. The maximum absolute atomic E-state index is 13.2. The van der Waals surface area contributed by atoms with Crippen molar-refractivity contribution in [3.8, 4) is 11.5 Å². The van der Waals surface area contributed by atoms with Crippen LogP contribution in [0.25, 0.3) is 11.6 Å². The highest BCUT2D eigenvalue weighted by Gasteiger charge is 2.31. The first-order valence-electron chi connectivity index (χ1n) is 10.4. The SMILES string of the molecule is CCCN1C(=O)/C(=C\c2cc(OC)c(OCc3ccc(Br)cc3)cc2Br)c2ccccc21. The van der Waals surface area contributed by atoms with E-state index in [0.29, 0.717) is 30.2 Å². The molecule has 0 fully saturated rings. The number of nitrogens with zero attached hydrogens (tertiary/aromatic N) is 1. The molecule has 1 amide bonds. The average molecular weight is 557 g/mol. The molecule has 0 aliphatic carbocycles. The number of fused-ring (bicyclic) bond motifs is 1. The number of carbonyl (C=O) groups excluding carboxylic acids is 1. The number of rotatable bonds is 7. The highest BCUT2D eigenvalue weighted by Crippen LogP contribution is 2.40. The molecule has 1 aliphatic rings. The van der Waals surface area contributed by atoms with Crippen molar-refractivity contribution in [2.75, 3.05) is 18.6 Å². The minimum absolute atomic E-state index is 0.0227. The van der Waals surface area contributed by atoms with Crippen LogP contribution < -0.4 is 14.4 Å². The average Bonchev–Trinajstić information content (AvgIpc) is 3.06. The van der Waals surface area contributed by atoms with Crippen LogP contribution in [0.5, 0.6) is 11.5 Å². The van der Waals surface area contributed by atoms with Crippen LogP contribution in [0, 0.1) is 0 Å². The molecule has 0 spiro atoms. The van der Waals surface area contributed by atoms with E-state index in [-0.39, 0.29) is 5.91 Å². The normalized spacial score (nSPS) is 14.1. The molecule has 0 aromatic heterocycles. The molecule has 1 aliphatic heterocycles. The maximum Gasteiger partial charge on any atom is 0.258 e. The first-order valence-corrected chi connectivity index (χ1v) is 12.0. The van der Waals surface area contributed by atoms with Crippen LogP contribution in [0.4, 0.5) is 5.69 Å². The Balaban J connectivity index is 1.65. The van der Waals surface area contributed by atoms with Gasteiger partial charge >= 0.3 is 0 Å². The number of carbonyl (C=O) groups is 1. The second-order valence-corrected chi connectivity index (χ2v) is 9.24. The van der Waals surface area contributed by atoms with Crippen LogP contribution >= 0.6 is 31.9 Å². The minimum atomic E-state index is 0.0227. The molecule has 164 valence electrons. The highest BCUT2D eigenvalue weighted by atomic mass is 79.9. The van der Waals surface area contributed by atoms with Gasteiger partial charge in [0.2, 0.25) is 0 Å². The Kier molecular flexibility index (Phi) is 7.01. The number of para-hydroxylation sites is 1. The molecule has 1 heterocycles. The summed E-state index contributed by atoms with van der Waals surface area (Å²) in [5.41, 5.74) is 4.51. The first kappa shape index (κ1) is 22.6. The van der Waals surface area contributed by atoms with E-state index in [9.17, 15) is 4.79 Å². The zero-order valence-corrected chi connectivity index (χ0v) is 21.1. The van der Waals surface area contributed by atoms with Gasteiger partial charge in [-0.05, 0) is 54.0 Å². The number of amides is 1. The Bertz CT molecular complexity index is 1170. The molecule has 4 nitrogen and oxygen atoms in total. The summed E-state index contributed by atoms with van der Waals surface area (Å²) in [5.74, 6) is 1.27. The van der Waals surface area contributed by atoms with Crippen LogP contribution in [0.1, 0.15) is 30.0 Å². The molecule has 0 unspecified atom stereocenters. The van der Waals surface area contributed by atoms with E-state index >= 15 is 0 Å². The van der Waals surface area contributed by atoms with Gasteiger partial charge in [0.1, 0.15) is 6.61 Å². The van der Waals surface area contributed by atoms with E-state index in [1.54, 1.807) is 7.11 Å². The predicted octanol–water partition coefficient (Wildman–Crippen LogP) is 7.10. The molecule has 0 saturated heterocycles. The molecule has 0 radical (unpaired) electrons. The molecular weight excluding hydrogens is 534 g/mol. The van der Waals surface area contributed by atoms with Gasteiger partial charge in [0.05, 0.1) is 12.8 Å². The van der Waals surface area contributed by atoms with Gasteiger partial charge < -0.3 is 14.4 Å². The molecule has 3 aromatic rings. The predicted molar refractivity (Wildman–Crippen MR) is 136 cm³/mol. The van der Waals surface area contributed by atoms with E-state index in [2.05, 4.69) is 38.8 Å². The van der Waals surface area contributed by atoms with E-state index in [4.69, 9.17) is 9.47 Å². The lowest BCUT2D eigenvalue weighted by Gasteiger charge is -2.15. The van der Waals surface area contributed by atoms with Crippen LogP contribution in [0.15, 0.2) is 69.6 Å². The quantitative estimate of drug-likeness (QED) is 0.291. The molecule has 0 saturated carbocycles. The van der Waals surface area contributed by atoms with E-state index in [1.165, 1.54) is 0 Å². The van der Waals surface area contributed by atoms with Crippen molar-refractivity contribution in [3.63, 3.8) is 0 Å². The van der Waals surface area contributed by atoms with Crippen molar-refractivity contribution in [1.82, 2.24) is 0 Å². The molecule has 0 N–H and O–H groups in total. The van der Waals surface area contributed by atoms with Crippen molar-refractivity contribution in [2.24, 2.45) is 0 Å². The van der Waals surface area contributed by atoms with Crippen molar-refractivity contribution >= 4 is 55.1 Å². The maximum atomic E-state index is 13.2. The number of hydrogen-bond acceptors (Lipinski definition) is 3. The minimum Gasteiger partial charge on any atom is -0.493 e. The third-order valence-corrected chi connectivity index (χ3v) is 6.51. The van der Waals surface area contributed by atoms with Gasteiger partial charge in [0.15, 0.2) is 11.5 Å². The van der Waals surface area contributed by atoms with Crippen LogP contribution in [-0.2, 0) is 11.4 Å². The number of methoxy groups -OCH3 is 1. The lowest BCUT2D eigenvalue weighted by Crippen LogP contribution is -2.26. The topological polar surface area (TPSA) is 38.8 Å². The number of ether oxygens (including phenoxy) is 2. The fourth-order valence-corrected chi connectivity index (χ4v) is 4.42. The van der Waals surface area contributed by atoms with Crippen LogP contribution in [0.2, 0.25) is 0 Å². The van der Waals surface area contributed by atoms with Gasteiger partial charge in [-0.1, -0.05) is 69.1 Å². The lowest BCUT2D eigenvalue weighted by atomic mass is 10.0. The number of hydrogen-bond donors (Lipinski definition) is 0. The van der Waals surface area contributed by atoms with E-state index in [0.717, 1.165) is 37.7 Å². The van der Waals surface area contributed by atoms with Gasteiger partial charge in [-0.15, -0.1) is 0 Å². The summed E-state index contributed by atoms with van der Waals surface area (Å²) in [7, 11) is 1.62. The third kappa shape index (κ3) is 4.62. The summed E-state index contributed by atoms with van der Waals surface area (Å²) in [5, 5.41) is 0. The number of halogens is 2. The summed E-state index contributed by atoms with van der Waals surface area (Å²) in [6, 6.07) is 19.7. The van der Waals surface area contributed by atoms with Gasteiger partial charge in [0.25, 0.3) is 5.91 Å². The summed E-state index contributed by atoms with van der Waals surface area (Å²) >= 11 is 7.09. The summed E-state index contributed by atoms with van der Waals surface area (Å²) in [6.07, 6.45) is 2.82. The van der Waals surface area contributed by atoms with E-state index in [1.807, 2.05) is 71.6 Å². The van der Waals surface area contributed by atoms with E-state index < -0.39 is 0 Å². The van der Waals surface area contributed by atoms with Gasteiger partial charge in [-0.25, -0.2) is 0 Å². The van der Waals surface area contributed by atoms with Gasteiger partial charge in [0, 0.05) is 26.6 Å². The molecule has 0 bridgehead atoms. The second kappa shape index (κ2) is 9.92. The van der Waals surface area contributed by atoms with Crippen molar-refractivity contribution in [3.05, 3.63) is 86.3 Å². The molecular formula is C26H23Br2NO3. The first-order chi connectivity index (χ1) is 15.5. The van der Waals surface area contributed by atoms with Gasteiger partial charge in [-0.2, -0.15) is 0 Å². The standard InChI is InChI=1S/C26H23Br2NO3/c1-3-12-29-23-7-5-4-6-20(23)21(26(29)30)13-18-14-24(31-2)25(15-22(18)28)32-16-17-8-10-19(27)11-9-17/h4-11,13-15H,3,12,16H2,1-2H3/b21-13-. The van der Waals surface area contributed by atoms with Gasteiger partial charge in [-0.3, -0.25) is 4.79 Å². The monoisotopic (exact) mass is 555 g/mol. The fraction of sp³-hybridized carbons (Fsp3) is 0.192. The summed E-state index contributed by atoms with van der Waals surface area (Å²) in [4.78, 5) is 15.0. The van der Waals surface area contributed by atoms with Crippen LogP contribution in [0.3, 0.4) is 0 Å². The third-order valence-electron chi connectivity index (χ3n) is 5.30. The lowest BCUT2D eigenvalue weighted by molar-refractivity contribution is -0.113. The summed E-state index contributed by atoms with van der Waals surface area (Å²) < 4.78 is 13.5. The number of benzene rings is 3. The Hall–Kier alpha value is -2.57. The molecule has 6 heteroatoms. The van der Waals surface area contributed by atoms with Crippen molar-refractivity contribution in [2.45, 2.75) is 20.0 Å². The fourth-order valence-electron chi connectivity index (χ4n) is 3.72. The molecule has 3 aromatic carbocycles. The largest absolute Gasteiger partial charge is 0.493 e. The smallest absolute Gasteiger partial charge is 0.258 e. The van der Waals surface area contributed by atoms with Crippen molar-refractivity contribution in [1.29, 1.82) is 0 Å². The Labute approximate surface area is 205 Å². The Morgan fingerprint density at radius 3 is 2.47 bits per heavy atom. The molecule has 32 heavy (non-hydrogen) atoms. The summed E-state index contributed by atoms with van der Waals surface area (Å²) in [6.45, 7) is 3.20. The molecule has 0 atom stereocenters. The Morgan fingerprint density at radius 2 is 1.75 bits per heavy atom. The zero-order valence-electron chi connectivity index (χ0n) is 17.9. The highest BCUT2D eigenvalue weighted by molar-refractivity contribution is 9.10. The number of anilines is 1. The van der Waals surface area contributed by atoms with Crippen LogP contribution in [-0.4, -0.2) is 19.6 Å².